The fourth-order valence-electron chi connectivity index (χ4n) is 2.08. The minimum Gasteiger partial charge on any atom is -0.399 e. The van der Waals surface area contributed by atoms with Gasteiger partial charge in [0.2, 0.25) is 0 Å². The van der Waals surface area contributed by atoms with E-state index < -0.39 is 0 Å². The van der Waals surface area contributed by atoms with Crippen molar-refractivity contribution in [2.75, 3.05) is 5.73 Å². The highest BCUT2D eigenvalue weighted by atomic mass is 32.1. The van der Waals surface area contributed by atoms with Crippen molar-refractivity contribution in [1.82, 2.24) is 4.98 Å². The topological polar surface area (TPSA) is 38.9 Å². The van der Waals surface area contributed by atoms with Crippen molar-refractivity contribution in [2.45, 2.75) is 13.3 Å². The van der Waals surface area contributed by atoms with Crippen LogP contribution in [0.25, 0.3) is 21.8 Å². The number of benzene rings is 2. The zero-order valence-electron chi connectivity index (χ0n) is 11.3. The number of nitrogen functional groups attached to an aromatic ring is 1. The molecule has 0 bridgehead atoms. The van der Waals surface area contributed by atoms with Gasteiger partial charge in [-0.15, -0.1) is 11.3 Å². The Kier molecular flexibility index (Phi) is 3.52. The Balaban J connectivity index is 1.91. The van der Waals surface area contributed by atoms with Gasteiger partial charge in [0.05, 0.1) is 5.69 Å². The van der Waals surface area contributed by atoms with E-state index >= 15 is 0 Å². The highest BCUT2D eigenvalue weighted by Gasteiger charge is 2.06. The van der Waals surface area contributed by atoms with Gasteiger partial charge in [-0.1, -0.05) is 43.3 Å². The summed E-state index contributed by atoms with van der Waals surface area (Å²) >= 11 is 1.67. The Hall–Kier alpha value is -2.13. The molecule has 0 saturated carbocycles. The van der Waals surface area contributed by atoms with Crippen LogP contribution >= 0.6 is 11.3 Å². The average Bonchev–Trinajstić information content (AvgIpc) is 2.98. The monoisotopic (exact) mass is 280 g/mol. The van der Waals surface area contributed by atoms with Crippen molar-refractivity contribution < 1.29 is 0 Å². The maximum Gasteiger partial charge on any atom is 0.124 e. The van der Waals surface area contributed by atoms with Crippen LogP contribution < -0.4 is 5.73 Å². The molecule has 0 amide bonds. The van der Waals surface area contributed by atoms with E-state index in [4.69, 9.17) is 10.7 Å². The molecule has 20 heavy (non-hydrogen) atoms. The van der Waals surface area contributed by atoms with Gasteiger partial charge in [0, 0.05) is 22.2 Å². The van der Waals surface area contributed by atoms with Crippen molar-refractivity contribution in [1.29, 1.82) is 0 Å². The third-order valence-electron chi connectivity index (χ3n) is 3.32. The van der Waals surface area contributed by atoms with Gasteiger partial charge in [-0.3, -0.25) is 0 Å². The molecule has 0 fully saturated rings. The summed E-state index contributed by atoms with van der Waals surface area (Å²) in [6.45, 7) is 2.16. The molecule has 0 atom stereocenters. The van der Waals surface area contributed by atoms with E-state index in [1.807, 2.05) is 24.3 Å². The van der Waals surface area contributed by atoms with E-state index in [1.54, 1.807) is 11.3 Å². The highest BCUT2D eigenvalue weighted by molar-refractivity contribution is 7.13. The third-order valence-corrected chi connectivity index (χ3v) is 4.21. The largest absolute Gasteiger partial charge is 0.399 e. The van der Waals surface area contributed by atoms with E-state index in [0.717, 1.165) is 28.4 Å². The summed E-state index contributed by atoms with van der Waals surface area (Å²) in [6, 6.07) is 16.4. The van der Waals surface area contributed by atoms with Gasteiger partial charge in [-0.2, -0.15) is 0 Å². The van der Waals surface area contributed by atoms with Crippen LogP contribution in [-0.2, 0) is 6.42 Å². The second-order valence-electron chi connectivity index (χ2n) is 4.71. The lowest BCUT2D eigenvalue weighted by Crippen LogP contribution is -1.84. The first-order valence-corrected chi connectivity index (χ1v) is 7.55. The van der Waals surface area contributed by atoms with Gasteiger partial charge in [0.1, 0.15) is 5.01 Å². The molecule has 0 radical (unpaired) electrons. The zero-order valence-corrected chi connectivity index (χ0v) is 12.2. The number of hydrogen-bond acceptors (Lipinski definition) is 3. The summed E-state index contributed by atoms with van der Waals surface area (Å²) in [5, 5.41) is 3.15. The Labute approximate surface area is 122 Å². The second-order valence-corrected chi connectivity index (χ2v) is 5.57. The van der Waals surface area contributed by atoms with Crippen LogP contribution in [0.2, 0.25) is 0 Å². The number of nitrogens with two attached hydrogens (primary N) is 1. The van der Waals surface area contributed by atoms with E-state index in [1.165, 1.54) is 11.1 Å². The Bertz CT molecular complexity index is 697. The summed E-state index contributed by atoms with van der Waals surface area (Å²) in [5.41, 5.74) is 11.1. The molecule has 3 rings (SSSR count). The molecule has 2 N–H and O–H groups in total. The minimum atomic E-state index is 0.777. The first-order chi connectivity index (χ1) is 9.76. The maximum atomic E-state index is 5.71. The number of rotatable bonds is 3. The van der Waals surface area contributed by atoms with Crippen LogP contribution in [0.15, 0.2) is 53.9 Å². The average molecular weight is 280 g/mol. The van der Waals surface area contributed by atoms with Gasteiger partial charge in [-0.25, -0.2) is 4.98 Å². The smallest absolute Gasteiger partial charge is 0.124 e. The van der Waals surface area contributed by atoms with Crippen LogP contribution in [0.5, 0.6) is 0 Å². The molecule has 2 nitrogen and oxygen atoms in total. The lowest BCUT2D eigenvalue weighted by molar-refractivity contribution is 1.14. The summed E-state index contributed by atoms with van der Waals surface area (Å²) in [6.07, 6.45) is 1.06. The van der Waals surface area contributed by atoms with Crippen molar-refractivity contribution >= 4 is 17.0 Å². The maximum absolute atomic E-state index is 5.71. The zero-order chi connectivity index (χ0) is 13.9. The number of thiazole rings is 1. The van der Waals surface area contributed by atoms with Gasteiger partial charge in [0.15, 0.2) is 0 Å². The lowest BCUT2D eigenvalue weighted by atomic mass is 10.1. The van der Waals surface area contributed by atoms with Crippen LogP contribution in [0.1, 0.15) is 12.5 Å². The molecule has 2 aromatic carbocycles. The highest BCUT2D eigenvalue weighted by Crippen LogP contribution is 2.29. The molecule has 1 aromatic heterocycles. The van der Waals surface area contributed by atoms with Crippen LogP contribution in [0.3, 0.4) is 0 Å². The fraction of sp³-hybridized carbons (Fsp3) is 0.118. The van der Waals surface area contributed by atoms with E-state index in [0.29, 0.717) is 0 Å². The quantitative estimate of drug-likeness (QED) is 0.711. The Morgan fingerprint density at radius 3 is 2.25 bits per heavy atom. The molecule has 3 aromatic rings. The Morgan fingerprint density at radius 1 is 0.950 bits per heavy atom. The van der Waals surface area contributed by atoms with Gasteiger partial charge in [0.25, 0.3) is 0 Å². The molecule has 0 unspecified atom stereocenters. The number of hydrogen-bond donors (Lipinski definition) is 1. The molecule has 0 spiro atoms. The Morgan fingerprint density at radius 2 is 1.60 bits per heavy atom. The molecular formula is C17H16N2S. The second kappa shape index (κ2) is 5.47. The summed E-state index contributed by atoms with van der Waals surface area (Å²) < 4.78 is 0. The molecule has 0 saturated heterocycles. The molecule has 1 heterocycles. The number of nitrogens with zero attached hydrogens (tertiary/aromatic N) is 1. The van der Waals surface area contributed by atoms with Crippen LogP contribution in [-0.4, -0.2) is 4.98 Å². The molecule has 0 aliphatic carbocycles. The van der Waals surface area contributed by atoms with E-state index in [2.05, 4.69) is 36.6 Å². The standard InChI is InChI=1S/C17H16N2S/c1-2-12-3-5-14(6-4-12)17-19-16(11-20-17)13-7-9-15(18)10-8-13/h3-11H,2,18H2,1H3. The normalized spacial score (nSPS) is 10.7. The summed E-state index contributed by atoms with van der Waals surface area (Å²) in [5.74, 6) is 0. The van der Waals surface area contributed by atoms with Crippen LogP contribution in [0, 0.1) is 0 Å². The molecule has 3 heteroatoms. The number of aromatic nitrogens is 1. The SMILES string of the molecule is CCc1ccc(-c2nc(-c3ccc(N)cc3)cs2)cc1. The van der Waals surface area contributed by atoms with Crippen molar-refractivity contribution in [2.24, 2.45) is 0 Å². The fourth-order valence-corrected chi connectivity index (χ4v) is 2.91. The third kappa shape index (κ3) is 2.58. The van der Waals surface area contributed by atoms with E-state index in [-0.39, 0.29) is 0 Å². The molecule has 100 valence electrons. The molecular weight excluding hydrogens is 264 g/mol. The van der Waals surface area contributed by atoms with Crippen molar-refractivity contribution in [3.05, 3.63) is 59.5 Å². The molecule has 0 aliphatic heterocycles. The first-order valence-electron chi connectivity index (χ1n) is 6.67. The first kappa shape index (κ1) is 12.9. The van der Waals surface area contributed by atoms with Crippen LogP contribution in [0.4, 0.5) is 5.69 Å². The number of aryl methyl sites for hydroxylation is 1. The summed E-state index contributed by atoms with van der Waals surface area (Å²) in [7, 11) is 0. The van der Waals surface area contributed by atoms with Crippen molar-refractivity contribution in [3.8, 4) is 21.8 Å². The minimum absolute atomic E-state index is 0.777. The lowest BCUT2D eigenvalue weighted by Gasteiger charge is -1.99. The number of anilines is 1. The summed E-state index contributed by atoms with van der Waals surface area (Å²) in [4.78, 5) is 4.71. The van der Waals surface area contributed by atoms with E-state index in [9.17, 15) is 0 Å². The van der Waals surface area contributed by atoms with Gasteiger partial charge in [-0.05, 0) is 24.1 Å². The van der Waals surface area contributed by atoms with Gasteiger partial charge < -0.3 is 5.73 Å². The van der Waals surface area contributed by atoms with Crippen molar-refractivity contribution in [3.63, 3.8) is 0 Å². The predicted octanol–water partition coefficient (Wildman–Crippen LogP) is 4.62. The van der Waals surface area contributed by atoms with Gasteiger partial charge >= 0.3 is 0 Å². The predicted molar refractivity (Wildman–Crippen MR) is 86.8 cm³/mol. The molecule has 0 aliphatic rings.